The zero-order valence-corrected chi connectivity index (χ0v) is 18.3. The second-order valence-electron chi connectivity index (χ2n) is 8.27. The first-order valence-corrected chi connectivity index (χ1v) is 11.1. The Morgan fingerprint density at radius 3 is 2.56 bits per heavy atom. The smallest absolute Gasteiger partial charge is 0.259 e. The molecule has 2 aliphatic heterocycles. The summed E-state index contributed by atoms with van der Waals surface area (Å²) in [4.78, 5) is 29.0. The Bertz CT molecular complexity index is 1110. The maximum atomic E-state index is 13.3. The van der Waals surface area contributed by atoms with Crippen LogP contribution in [0.4, 0.5) is 17.2 Å². The van der Waals surface area contributed by atoms with Crippen molar-refractivity contribution in [2.45, 2.75) is 0 Å². The predicted octanol–water partition coefficient (Wildman–Crippen LogP) is 2.47. The van der Waals surface area contributed by atoms with Crippen molar-refractivity contribution in [3.05, 3.63) is 54.5 Å². The Morgan fingerprint density at radius 1 is 0.938 bits per heavy atom. The fourth-order valence-electron chi connectivity index (χ4n) is 4.40. The highest BCUT2D eigenvalue weighted by Gasteiger charge is 2.22. The van der Waals surface area contributed by atoms with Crippen LogP contribution in [0.3, 0.4) is 0 Å². The summed E-state index contributed by atoms with van der Waals surface area (Å²) in [7, 11) is 2.15. The number of amides is 1. The number of fused-ring (bicyclic) bond motifs is 1. The molecule has 2 aromatic heterocycles. The van der Waals surface area contributed by atoms with Gasteiger partial charge in [-0.1, -0.05) is 0 Å². The van der Waals surface area contributed by atoms with Gasteiger partial charge in [0.05, 0.1) is 24.5 Å². The van der Waals surface area contributed by atoms with Gasteiger partial charge in [0, 0.05) is 74.3 Å². The normalized spacial score (nSPS) is 17.5. The summed E-state index contributed by atoms with van der Waals surface area (Å²) < 4.78 is 5.45. The van der Waals surface area contributed by atoms with Gasteiger partial charge in [0.2, 0.25) is 0 Å². The monoisotopic (exact) mass is 432 g/mol. The number of carbonyl (C=O) groups is 1. The third-order valence-corrected chi connectivity index (χ3v) is 6.23. The first kappa shape index (κ1) is 20.7. The lowest BCUT2D eigenvalue weighted by Crippen LogP contribution is -2.44. The van der Waals surface area contributed by atoms with Crippen molar-refractivity contribution in [1.29, 1.82) is 0 Å². The predicted molar refractivity (Wildman–Crippen MR) is 127 cm³/mol. The van der Waals surface area contributed by atoms with Gasteiger partial charge in [-0.15, -0.1) is 0 Å². The van der Waals surface area contributed by atoms with Gasteiger partial charge in [-0.3, -0.25) is 9.78 Å². The van der Waals surface area contributed by atoms with E-state index in [1.54, 1.807) is 12.3 Å². The van der Waals surface area contributed by atoms with Crippen LogP contribution >= 0.6 is 0 Å². The number of benzene rings is 1. The first-order chi connectivity index (χ1) is 15.7. The maximum absolute atomic E-state index is 13.3. The van der Waals surface area contributed by atoms with Crippen molar-refractivity contribution in [3.8, 4) is 0 Å². The fourth-order valence-corrected chi connectivity index (χ4v) is 4.40. The number of morpholine rings is 1. The molecule has 0 spiro atoms. The van der Waals surface area contributed by atoms with E-state index in [1.807, 2.05) is 30.6 Å². The summed E-state index contributed by atoms with van der Waals surface area (Å²) in [5, 5.41) is 5.15. The number of carbonyl (C=O) groups excluding carboxylic acids is 1. The van der Waals surface area contributed by atoms with Crippen LogP contribution < -0.4 is 15.1 Å². The lowest BCUT2D eigenvalue weighted by atomic mass is 10.1. The molecule has 0 radical (unpaired) electrons. The van der Waals surface area contributed by atoms with Crippen LogP contribution in [0.25, 0.3) is 10.8 Å². The summed E-state index contributed by atoms with van der Waals surface area (Å²) in [5.41, 5.74) is 2.51. The summed E-state index contributed by atoms with van der Waals surface area (Å²) in [6.45, 7) is 6.78. The molecule has 0 saturated carbocycles. The number of nitrogens with one attached hydrogen (secondary N) is 1. The van der Waals surface area contributed by atoms with Gasteiger partial charge in [-0.05, 0) is 37.4 Å². The number of anilines is 3. The Morgan fingerprint density at radius 2 is 1.75 bits per heavy atom. The second-order valence-corrected chi connectivity index (χ2v) is 8.27. The molecule has 3 aromatic rings. The van der Waals surface area contributed by atoms with Gasteiger partial charge >= 0.3 is 0 Å². The molecule has 1 N–H and O–H groups in total. The molecule has 0 bridgehead atoms. The Balaban J connectivity index is 1.44. The van der Waals surface area contributed by atoms with Crippen molar-refractivity contribution in [1.82, 2.24) is 14.9 Å². The number of hydrogen-bond acceptors (Lipinski definition) is 7. The minimum Gasteiger partial charge on any atom is -0.378 e. The molecule has 166 valence electrons. The van der Waals surface area contributed by atoms with Crippen molar-refractivity contribution in [2.24, 2.45) is 0 Å². The molecule has 5 rings (SSSR count). The largest absolute Gasteiger partial charge is 0.378 e. The third kappa shape index (κ3) is 4.11. The molecular weight excluding hydrogens is 404 g/mol. The summed E-state index contributed by atoms with van der Waals surface area (Å²) in [6.07, 6.45) is 5.37. The fraction of sp³-hybridized carbons (Fsp3) is 0.375. The van der Waals surface area contributed by atoms with Crippen LogP contribution in [-0.4, -0.2) is 80.3 Å². The summed E-state index contributed by atoms with van der Waals surface area (Å²) in [6, 6.07) is 9.75. The van der Waals surface area contributed by atoms with Crippen LogP contribution in [0.5, 0.6) is 0 Å². The van der Waals surface area contributed by atoms with Crippen LogP contribution in [0, 0.1) is 0 Å². The van der Waals surface area contributed by atoms with E-state index in [0.717, 1.165) is 55.7 Å². The molecule has 2 aliphatic rings. The Hall–Kier alpha value is -3.23. The molecule has 0 atom stereocenters. The number of aromatic nitrogens is 2. The van der Waals surface area contributed by atoms with E-state index < -0.39 is 0 Å². The van der Waals surface area contributed by atoms with E-state index in [0.29, 0.717) is 24.6 Å². The van der Waals surface area contributed by atoms with Crippen LogP contribution in [-0.2, 0) is 4.74 Å². The summed E-state index contributed by atoms with van der Waals surface area (Å²) in [5.74, 6) is 0.530. The highest BCUT2D eigenvalue weighted by molar-refractivity contribution is 6.12. The van der Waals surface area contributed by atoms with E-state index in [4.69, 9.17) is 4.74 Å². The van der Waals surface area contributed by atoms with E-state index in [9.17, 15) is 4.79 Å². The zero-order chi connectivity index (χ0) is 21.9. The molecule has 1 amide bonds. The van der Waals surface area contributed by atoms with Crippen LogP contribution in [0.1, 0.15) is 10.4 Å². The third-order valence-electron chi connectivity index (χ3n) is 6.23. The Kier molecular flexibility index (Phi) is 5.87. The van der Waals surface area contributed by atoms with E-state index >= 15 is 0 Å². The number of hydrogen-bond donors (Lipinski definition) is 1. The number of nitrogens with zero attached hydrogens (tertiary/aromatic N) is 5. The molecule has 0 unspecified atom stereocenters. The van der Waals surface area contributed by atoms with Crippen molar-refractivity contribution >= 4 is 33.9 Å². The first-order valence-electron chi connectivity index (χ1n) is 11.1. The molecule has 32 heavy (non-hydrogen) atoms. The summed E-state index contributed by atoms with van der Waals surface area (Å²) >= 11 is 0. The number of ether oxygens (including phenoxy) is 1. The lowest BCUT2D eigenvalue weighted by molar-refractivity contribution is 0.102. The van der Waals surface area contributed by atoms with Gasteiger partial charge in [0.15, 0.2) is 0 Å². The van der Waals surface area contributed by atoms with Crippen LogP contribution in [0.15, 0.2) is 48.9 Å². The van der Waals surface area contributed by atoms with Crippen molar-refractivity contribution in [2.75, 3.05) is 74.6 Å². The Labute approximate surface area is 187 Å². The van der Waals surface area contributed by atoms with Gasteiger partial charge in [0.1, 0.15) is 5.82 Å². The average molecular weight is 433 g/mol. The van der Waals surface area contributed by atoms with Gasteiger partial charge in [-0.2, -0.15) is 0 Å². The van der Waals surface area contributed by atoms with Crippen molar-refractivity contribution in [3.63, 3.8) is 0 Å². The minimum absolute atomic E-state index is 0.169. The van der Waals surface area contributed by atoms with Gasteiger partial charge in [-0.25, -0.2) is 4.98 Å². The topological polar surface area (TPSA) is 73.8 Å². The van der Waals surface area contributed by atoms with Gasteiger partial charge in [0.25, 0.3) is 5.91 Å². The molecule has 2 saturated heterocycles. The lowest BCUT2D eigenvalue weighted by Gasteiger charge is -2.34. The number of pyridine rings is 2. The standard InChI is InChI=1S/C24H28N6O2/c1-28-9-11-29(12-10-28)22-5-4-21(20-17-25-8-6-18(20)22)27-24(31)19-3-2-7-26-23(19)30-13-15-32-16-14-30/h2-8,17H,9-16H2,1H3,(H,27,31). The highest BCUT2D eigenvalue weighted by Crippen LogP contribution is 2.33. The molecule has 4 heterocycles. The quantitative estimate of drug-likeness (QED) is 0.679. The number of piperazine rings is 1. The molecular formula is C24H28N6O2. The molecule has 0 aliphatic carbocycles. The number of rotatable bonds is 4. The minimum atomic E-state index is -0.169. The zero-order valence-electron chi connectivity index (χ0n) is 18.3. The van der Waals surface area contributed by atoms with E-state index in [2.05, 4.69) is 43.1 Å². The molecule has 8 heteroatoms. The maximum Gasteiger partial charge on any atom is 0.259 e. The average Bonchev–Trinajstić information content (AvgIpc) is 2.85. The van der Waals surface area contributed by atoms with Crippen LogP contribution in [0.2, 0.25) is 0 Å². The molecule has 1 aromatic carbocycles. The second kappa shape index (κ2) is 9.10. The van der Waals surface area contributed by atoms with E-state index in [1.165, 1.54) is 5.69 Å². The van der Waals surface area contributed by atoms with Gasteiger partial charge < -0.3 is 24.8 Å². The SMILES string of the molecule is CN1CCN(c2ccc(NC(=O)c3cccnc3N3CCOCC3)c3cnccc23)CC1. The molecule has 2 fully saturated rings. The van der Waals surface area contributed by atoms with E-state index in [-0.39, 0.29) is 5.91 Å². The molecule has 8 nitrogen and oxygen atoms in total. The highest BCUT2D eigenvalue weighted by atomic mass is 16.5. The van der Waals surface area contributed by atoms with Crippen molar-refractivity contribution < 1.29 is 9.53 Å². The number of likely N-dealkylation sites (N-methyl/N-ethyl adjacent to an activating group) is 1.